The summed E-state index contributed by atoms with van der Waals surface area (Å²) in [4.78, 5) is 24.7. The average molecular weight is 577 g/mol. The van der Waals surface area contributed by atoms with Gasteiger partial charge in [0.05, 0.1) is 16.3 Å². The molecule has 3 aromatic carbocycles. The van der Waals surface area contributed by atoms with Gasteiger partial charge in [0.25, 0.3) is 11.8 Å². The van der Waals surface area contributed by atoms with E-state index in [1.165, 1.54) is 11.8 Å². The van der Waals surface area contributed by atoms with Crippen molar-refractivity contribution >= 4 is 62.8 Å². The van der Waals surface area contributed by atoms with Crippen molar-refractivity contribution in [3.63, 3.8) is 0 Å². The minimum absolute atomic E-state index is 0.237. The molecule has 0 bridgehead atoms. The van der Waals surface area contributed by atoms with Crippen LogP contribution in [-0.4, -0.2) is 24.6 Å². The van der Waals surface area contributed by atoms with E-state index in [9.17, 15) is 9.59 Å². The van der Waals surface area contributed by atoms with E-state index in [0.29, 0.717) is 32.6 Å². The summed E-state index contributed by atoms with van der Waals surface area (Å²) in [7, 11) is 0. The first-order valence-electron chi connectivity index (χ1n) is 11.0. The van der Waals surface area contributed by atoms with Gasteiger partial charge in [0.2, 0.25) is 0 Å². The number of nitrogens with one attached hydrogen (secondary N) is 2. The van der Waals surface area contributed by atoms with Gasteiger partial charge in [-0.25, -0.2) is 5.43 Å². The van der Waals surface area contributed by atoms with E-state index < -0.39 is 0 Å². The molecule has 2 N–H and O–H groups in total. The van der Waals surface area contributed by atoms with Crippen molar-refractivity contribution in [1.29, 1.82) is 0 Å². The maximum Gasteiger partial charge on any atom is 0.271 e. The molecular weight excluding hydrogens is 553 g/mol. The van der Waals surface area contributed by atoms with Crippen LogP contribution in [0.2, 0.25) is 10.0 Å². The predicted molar refractivity (Wildman–Crippen MR) is 145 cm³/mol. The molecule has 35 heavy (non-hydrogen) atoms. The van der Waals surface area contributed by atoms with Gasteiger partial charge < -0.3 is 10.1 Å². The molecule has 182 valence electrons. The molecule has 2 amide bonds. The van der Waals surface area contributed by atoms with Crippen LogP contribution in [-0.2, 0) is 11.2 Å². The summed E-state index contributed by atoms with van der Waals surface area (Å²) in [5.74, 6) is -0.262. The smallest absolute Gasteiger partial charge is 0.271 e. The Labute approximate surface area is 222 Å². The lowest BCUT2D eigenvalue weighted by molar-refractivity contribution is -0.118. The second kappa shape index (κ2) is 13.3. The highest BCUT2D eigenvalue weighted by atomic mass is 79.9. The molecule has 6 nitrogen and oxygen atoms in total. The van der Waals surface area contributed by atoms with Crippen LogP contribution in [0.4, 0.5) is 5.69 Å². The van der Waals surface area contributed by atoms with Gasteiger partial charge in [-0.1, -0.05) is 64.6 Å². The highest BCUT2D eigenvalue weighted by Gasteiger charge is 2.09. The van der Waals surface area contributed by atoms with Gasteiger partial charge in [-0.2, -0.15) is 5.10 Å². The van der Waals surface area contributed by atoms with Crippen molar-refractivity contribution in [3.05, 3.63) is 91.9 Å². The van der Waals surface area contributed by atoms with E-state index >= 15 is 0 Å². The average Bonchev–Trinajstić information content (AvgIpc) is 2.84. The zero-order valence-corrected chi connectivity index (χ0v) is 22.1. The molecule has 0 radical (unpaired) electrons. The van der Waals surface area contributed by atoms with Crippen molar-refractivity contribution in [2.24, 2.45) is 5.10 Å². The van der Waals surface area contributed by atoms with Gasteiger partial charge in [-0.15, -0.1) is 0 Å². The molecule has 3 aromatic rings. The summed E-state index contributed by atoms with van der Waals surface area (Å²) < 4.78 is 6.46. The monoisotopic (exact) mass is 575 g/mol. The number of carbonyl (C=O) groups excluding carboxylic acids is 2. The van der Waals surface area contributed by atoms with Gasteiger partial charge in [-0.3, -0.25) is 9.59 Å². The summed E-state index contributed by atoms with van der Waals surface area (Å²) >= 11 is 15.3. The van der Waals surface area contributed by atoms with Crippen LogP contribution in [0, 0.1) is 0 Å². The summed E-state index contributed by atoms with van der Waals surface area (Å²) in [6.45, 7) is 1.91. The van der Waals surface area contributed by atoms with Gasteiger partial charge in [-0.05, 0) is 66.9 Å². The number of aryl methyl sites for hydroxylation is 1. The number of amides is 2. The molecule has 0 aromatic heterocycles. The number of benzene rings is 3. The van der Waals surface area contributed by atoms with Crippen LogP contribution in [0.1, 0.15) is 41.3 Å². The molecule has 0 heterocycles. The maximum absolute atomic E-state index is 12.4. The standard InChI is InChI=1S/C26H24BrCl2N3O3/c1-2-3-4-17-5-7-18(8-6-17)26(34)32-30-15-19-13-20(27)9-12-24(19)35-16-25(33)31-21-10-11-22(28)23(29)14-21/h5-15H,2-4,16H2,1H3,(H,31,33)(H,32,34)/b30-15+. The Hall–Kier alpha value is -2.87. The number of nitrogens with zero attached hydrogens (tertiary/aromatic N) is 1. The predicted octanol–water partition coefficient (Wildman–Crippen LogP) is 6.88. The first kappa shape index (κ1) is 26.7. The molecule has 0 aliphatic carbocycles. The second-order valence-electron chi connectivity index (χ2n) is 7.65. The third-order valence-electron chi connectivity index (χ3n) is 4.94. The molecule has 0 saturated carbocycles. The van der Waals surface area contributed by atoms with Crippen LogP contribution >= 0.6 is 39.1 Å². The molecule has 0 unspecified atom stereocenters. The molecular formula is C26H24BrCl2N3O3. The van der Waals surface area contributed by atoms with Gasteiger partial charge in [0.1, 0.15) is 5.75 Å². The molecule has 0 spiro atoms. The Morgan fingerprint density at radius 2 is 1.80 bits per heavy atom. The highest BCUT2D eigenvalue weighted by molar-refractivity contribution is 9.10. The molecule has 3 rings (SSSR count). The maximum atomic E-state index is 12.4. The summed E-state index contributed by atoms with van der Waals surface area (Å²) in [5, 5.41) is 7.48. The van der Waals surface area contributed by atoms with Crippen LogP contribution in [0.5, 0.6) is 5.75 Å². The fourth-order valence-corrected chi connectivity index (χ4v) is 3.77. The number of hydrazone groups is 1. The number of carbonyl (C=O) groups is 2. The van der Waals surface area contributed by atoms with E-state index in [1.54, 1.807) is 48.5 Å². The first-order valence-corrected chi connectivity index (χ1v) is 12.5. The van der Waals surface area contributed by atoms with Crippen molar-refractivity contribution < 1.29 is 14.3 Å². The van der Waals surface area contributed by atoms with Crippen LogP contribution < -0.4 is 15.5 Å². The summed E-state index contributed by atoms with van der Waals surface area (Å²) in [6, 6.07) is 17.5. The quantitative estimate of drug-likeness (QED) is 0.204. The van der Waals surface area contributed by atoms with Crippen LogP contribution in [0.25, 0.3) is 0 Å². The number of halogens is 3. The molecule has 0 saturated heterocycles. The highest BCUT2D eigenvalue weighted by Crippen LogP contribution is 2.25. The lowest BCUT2D eigenvalue weighted by Crippen LogP contribution is -2.20. The number of unbranched alkanes of at least 4 members (excludes halogenated alkanes) is 1. The third-order valence-corrected chi connectivity index (χ3v) is 6.17. The van der Waals surface area contributed by atoms with Crippen molar-refractivity contribution in [3.8, 4) is 5.75 Å². The van der Waals surface area contributed by atoms with Crippen LogP contribution in [0.15, 0.2) is 70.2 Å². The number of anilines is 1. The van der Waals surface area contributed by atoms with E-state index in [1.807, 2.05) is 12.1 Å². The van der Waals surface area contributed by atoms with Crippen molar-refractivity contribution in [2.45, 2.75) is 26.2 Å². The topological polar surface area (TPSA) is 79.8 Å². The minimum Gasteiger partial charge on any atom is -0.483 e. The molecule has 0 atom stereocenters. The van der Waals surface area contributed by atoms with Crippen LogP contribution in [0.3, 0.4) is 0 Å². The Bertz CT molecular complexity index is 1220. The van der Waals surface area contributed by atoms with E-state index in [0.717, 1.165) is 23.7 Å². The second-order valence-corrected chi connectivity index (χ2v) is 9.38. The van der Waals surface area contributed by atoms with E-state index in [4.69, 9.17) is 27.9 Å². The molecule has 0 aliphatic rings. The minimum atomic E-state index is -0.370. The summed E-state index contributed by atoms with van der Waals surface area (Å²) in [5.41, 5.74) is 5.33. The van der Waals surface area contributed by atoms with Gasteiger partial charge >= 0.3 is 0 Å². The Balaban J connectivity index is 1.58. The van der Waals surface area contributed by atoms with E-state index in [-0.39, 0.29) is 18.4 Å². The Morgan fingerprint density at radius 3 is 2.51 bits per heavy atom. The molecule has 0 fully saturated rings. The fraction of sp³-hybridized carbons (Fsp3) is 0.192. The molecule has 0 aliphatic heterocycles. The zero-order chi connectivity index (χ0) is 25.2. The van der Waals surface area contributed by atoms with Gasteiger partial charge in [0, 0.05) is 21.3 Å². The van der Waals surface area contributed by atoms with Crippen molar-refractivity contribution in [1.82, 2.24) is 5.43 Å². The Morgan fingerprint density at radius 1 is 1.03 bits per heavy atom. The fourth-order valence-electron chi connectivity index (χ4n) is 3.09. The number of rotatable bonds is 10. The largest absolute Gasteiger partial charge is 0.483 e. The summed E-state index contributed by atoms with van der Waals surface area (Å²) in [6.07, 6.45) is 4.70. The normalized spacial score (nSPS) is 10.9. The number of ether oxygens (including phenoxy) is 1. The SMILES string of the molecule is CCCCc1ccc(C(=O)N/N=C/c2cc(Br)ccc2OCC(=O)Nc2ccc(Cl)c(Cl)c2)cc1. The number of hydrogen-bond donors (Lipinski definition) is 2. The third kappa shape index (κ3) is 8.38. The zero-order valence-electron chi connectivity index (χ0n) is 19.0. The van der Waals surface area contributed by atoms with Gasteiger partial charge in [0.15, 0.2) is 6.61 Å². The Kier molecular flexibility index (Phi) is 10.1. The molecule has 9 heteroatoms. The van der Waals surface area contributed by atoms with Crippen molar-refractivity contribution in [2.75, 3.05) is 11.9 Å². The number of hydrogen-bond acceptors (Lipinski definition) is 4. The first-order chi connectivity index (χ1) is 16.9. The van der Waals surface area contributed by atoms with E-state index in [2.05, 4.69) is 38.7 Å². The lowest BCUT2D eigenvalue weighted by Gasteiger charge is -2.10. The lowest BCUT2D eigenvalue weighted by atomic mass is 10.1.